The lowest BCUT2D eigenvalue weighted by Gasteiger charge is -2.36. The number of carbonyl (C=O) groups is 1. The van der Waals surface area contributed by atoms with Gasteiger partial charge in [-0.2, -0.15) is 0 Å². The van der Waals surface area contributed by atoms with Crippen molar-refractivity contribution in [2.45, 2.75) is 32.9 Å². The number of rotatable bonds is 5. The molecule has 2 rings (SSSR count). The molecule has 1 heterocycles. The van der Waals surface area contributed by atoms with Crippen LogP contribution in [0.4, 0.5) is 0 Å². The second-order valence-corrected chi connectivity index (χ2v) is 5.97. The van der Waals surface area contributed by atoms with Gasteiger partial charge in [0, 0.05) is 25.2 Å². The molecule has 5 heteroatoms. The van der Waals surface area contributed by atoms with Crippen molar-refractivity contribution in [3.8, 4) is 11.5 Å². The second kappa shape index (κ2) is 8.02. The van der Waals surface area contributed by atoms with E-state index in [1.54, 1.807) is 7.11 Å². The van der Waals surface area contributed by atoms with Gasteiger partial charge >= 0.3 is 0 Å². The molecule has 1 aliphatic heterocycles. The minimum atomic E-state index is 0.00443. The van der Waals surface area contributed by atoms with Crippen molar-refractivity contribution < 1.29 is 14.3 Å². The predicted molar refractivity (Wildman–Crippen MR) is 91.8 cm³/mol. The van der Waals surface area contributed by atoms with Gasteiger partial charge in [-0.15, -0.1) is 0 Å². The Labute approximate surface area is 138 Å². The zero-order valence-corrected chi connectivity index (χ0v) is 14.3. The van der Waals surface area contributed by atoms with Crippen LogP contribution in [0, 0.1) is 0 Å². The molecule has 0 saturated carbocycles. The summed E-state index contributed by atoms with van der Waals surface area (Å²) in [5.41, 5.74) is 1.03. The van der Waals surface area contributed by atoms with Gasteiger partial charge in [-0.05, 0) is 38.5 Å². The van der Waals surface area contributed by atoms with E-state index in [9.17, 15) is 4.79 Å². The molecule has 1 aromatic rings. The fourth-order valence-electron chi connectivity index (χ4n) is 2.86. The largest absolute Gasteiger partial charge is 0.493 e. The molecule has 0 radical (unpaired) electrons. The highest BCUT2D eigenvalue weighted by Gasteiger charge is 2.25. The third-order valence-corrected chi connectivity index (χ3v) is 3.81. The Balaban J connectivity index is 1.98. The zero-order chi connectivity index (χ0) is 16.8. The molecule has 0 spiro atoms. The average Bonchev–Trinajstić information content (AvgIpc) is 2.52. The summed E-state index contributed by atoms with van der Waals surface area (Å²) in [6.07, 6.45) is 3.95. The molecule has 2 unspecified atom stereocenters. The minimum Gasteiger partial charge on any atom is -0.493 e. The number of methoxy groups -OCH3 is 1. The number of piperazine rings is 1. The third-order valence-electron chi connectivity index (χ3n) is 3.81. The van der Waals surface area contributed by atoms with E-state index in [0.717, 1.165) is 5.56 Å². The number of nitrogens with zero attached hydrogens (tertiary/aromatic N) is 1. The summed E-state index contributed by atoms with van der Waals surface area (Å²) in [6.45, 7) is 7.58. The lowest BCUT2D eigenvalue weighted by molar-refractivity contribution is -0.135. The van der Waals surface area contributed by atoms with Gasteiger partial charge in [-0.25, -0.2) is 0 Å². The Morgan fingerprint density at radius 1 is 1.30 bits per heavy atom. The quantitative estimate of drug-likeness (QED) is 0.905. The van der Waals surface area contributed by atoms with Crippen LogP contribution in [0.5, 0.6) is 11.5 Å². The number of hydrogen-bond donors (Lipinski definition) is 1. The van der Waals surface area contributed by atoms with Crippen LogP contribution in [-0.4, -0.2) is 49.7 Å². The Morgan fingerprint density at radius 3 is 2.61 bits per heavy atom. The first kappa shape index (κ1) is 17.3. The van der Waals surface area contributed by atoms with Gasteiger partial charge < -0.3 is 19.7 Å². The van der Waals surface area contributed by atoms with E-state index in [4.69, 9.17) is 9.47 Å². The Bertz CT molecular complexity index is 561. The molecule has 23 heavy (non-hydrogen) atoms. The van der Waals surface area contributed by atoms with Crippen LogP contribution in [0.2, 0.25) is 0 Å². The molecule has 1 N–H and O–H groups in total. The Kier molecular flexibility index (Phi) is 6.04. The van der Waals surface area contributed by atoms with E-state index in [0.29, 0.717) is 36.7 Å². The summed E-state index contributed by atoms with van der Waals surface area (Å²) in [5, 5.41) is 3.41. The standard InChI is InChI=1S/C18H26N2O3/c1-5-6-15-7-8-16(17(9-15)22-4)23-12-18(21)20-10-13(2)19-14(3)11-20/h5-9,13-14,19H,10-12H2,1-4H3/b6-5+. The number of allylic oxidation sites excluding steroid dienone is 1. The van der Waals surface area contributed by atoms with Crippen molar-refractivity contribution >= 4 is 12.0 Å². The number of ether oxygens (including phenoxy) is 2. The summed E-state index contributed by atoms with van der Waals surface area (Å²) in [6, 6.07) is 6.28. The van der Waals surface area contributed by atoms with Gasteiger partial charge in [-0.1, -0.05) is 18.2 Å². The van der Waals surface area contributed by atoms with Crippen molar-refractivity contribution in [1.29, 1.82) is 0 Å². The van der Waals surface area contributed by atoms with Crippen molar-refractivity contribution in [2.75, 3.05) is 26.8 Å². The van der Waals surface area contributed by atoms with Gasteiger partial charge in [0.15, 0.2) is 18.1 Å². The van der Waals surface area contributed by atoms with Crippen molar-refractivity contribution in [3.63, 3.8) is 0 Å². The highest BCUT2D eigenvalue weighted by Crippen LogP contribution is 2.28. The van der Waals surface area contributed by atoms with Gasteiger partial charge in [0.1, 0.15) is 0 Å². The molecule has 1 amide bonds. The highest BCUT2D eigenvalue weighted by molar-refractivity contribution is 5.78. The normalized spacial score (nSPS) is 21.5. The topological polar surface area (TPSA) is 50.8 Å². The van der Waals surface area contributed by atoms with Gasteiger partial charge in [-0.3, -0.25) is 4.79 Å². The average molecular weight is 318 g/mol. The first-order chi connectivity index (χ1) is 11.0. The van der Waals surface area contributed by atoms with Crippen LogP contribution >= 0.6 is 0 Å². The number of nitrogens with one attached hydrogen (secondary N) is 1. The fraction of sp³-hybridized carbons (Fsp3) is 0.500. The molecule has 2 atom stereocenters. The molecule has 1 aromatic carbocycles. The maximum Gasteiger partial charge on any atom is 0.260 e. The fourth-order valence-corrected chi connectivity index (χ4v) is 2.86. The van der Waals surface area contributed by atoms with E-state index in [1.165, 1.54) is 0 Å². The van der Waals surface area contributed by atoms with Crippen molar-refractivity contribution in [3.05, 3.63) is 29.8 Å². The number of carbonyl (C=O) groups excluding carboxylic acids is 1. The van der Waals surface area contributed by atoms with E-state index in [-0.39, 0.29) is 12.5 Å². The Hall–Kier alpha value is -2.01. The number of hydrogen-bond acceptors (Lipinski definition) is 4. The lowest BCUT2D eigenvalue weighted by atomic mass is 10.1. The Morgan fingerprint density at radius 2 is 2.00 bits per heavy atom. The summed E-state index contributed by atoms with van der Waals surface area (Å²) >= 11 is 0. The molecule has 1 saturated heterocycles. The summed E-state index contributed by atoms with van der Waals surface area (Å²) in [7, 11) is 1.60. The molecule has 0 bridgehead atoms. The number of benzene rings is 1. The maximum absolute atomic E-state index is 12.4. The van der Waals surface area contributed by atoms with E-state index >= 15 is 0 Å². The lowest BCUT2D eigenvalue weighted by Crippen LogP contribution is -2.56. The van der Waals surface area contributed by atoms with E-state index in [2.05, 4.69) is 19.2 Å². The van der Waals surface area contributed by atoms with Crippen molar-refractivity contribution in [1.82, 2.24) is 10.2 Å². The van der Waals surface area contributed by atoms with Crippen LogP contribution in [0.25, 0.3) is 6.08 Å². The second-order valence-electron chi connectivity index (χ2n) is 5.97. The first-order valence-corrected chi connectivity index (χ1v) is 8.00. The van der Waals surface area contributed by atoms with Crippen LogP contribution in [0.3, 0.4) is 0 Å². The van der Waals surface area contributed by atoms with Crippen LogP contribution < -0.4 is 14.8 Å². The molecule has 1 aliphatic rings. The maximum atomic E-state index is 12.4. The molecule has 0 aromatic heterocycles. The van der Waals surface area contributed by atoms with Gasteiger partial charge in [0.2, 0.25) is 0 Å². The summed E-state index contributed by atoms with van der Waals surface area (Å²) in [4.78, 5) is 14.2. The van der Waals surface area contributed by atoms with E-state index in [1.807, 2.05) is 42.2 Å². The zero-order valence-electron chi connectivity index (χ0n) is 14.3. The predicted octanol–water partition coefficient (Wildman–Crippen LogP) is 2.32. The molecule has 5 nitrogen and oxygen atoms in total. The molecule has 0 aliphatic carbocycles. The van der Waals surface area contributed by atoms with Crippen LogP contribution in [0.1, 0.15) is 26.3 Å². The summed E-state index contributed by atoms with van der Waals surface area (Å²) < 4.78 is 11.0. The van der Waals surface area contributed by atoms with Crippen LogP contribution in [0.15, 0.2) is 24.3 Å². The minimum absolute atomic E-state index is 0.00443. The van der Waals surface area contributed by atoms with E-state index < -0.39 is 0 Å². The molecular weight excluding hydrogens is 292 g/mol. The van der Waals surface area contributed by atoms with Gasteiger partial charge in [0.25, 0.3) is 5.91 Å². The van der Waals surface area contributed by atoms with Crippen LogP contribution in [-0.2, 0) is 4.79 Å². The molecular formula is C18H26N2O3. The molecule has 126 valence electrons. The molecule has 1 fully saturated rings. The smallest absolute Gasteiger partial charge is 0.260 e. The number of amides is 1. The first-order valence-electron chi connectivity index (χ1n) is 8.00. The van der Waals surface area contributed by atoms with Gasteiger partial charge in [0.05, 0.1) is 7.11 Å². The summed E-state index contributed by atoms with van der Waals surface area (Å²) in [5.74, 6) is 1.23. The SMILES string of the molecule is C/C=C/c1ccc(OCC(=O)N2CC(C)NC(C)C2)c(OC)c1. The highest BCUT2D eigenvalue weighted by atomic mass is 16.5. The monoisotopic (exact) mass is 318 g/mol. The third kappa shape index (κ3) is 4.73. The van der Waals surface area contributed by atoms with Crippen molar-refractivity contribution in [2.24, 2.45) is 0 Å².